The lowest BCUT2D eigenvalue weighted by Gasteiger charge is -2.37. The summed E-state index contributed by atoms with van der Waals surface area (Å²) in [7, 11) is 1.72. The van der Waals surface area contributed by atoms with E-state index in [4.69, 9.17) is 4.74 Å². The molecule has 0 spiro atoms. The molecule has 3 heterocycles. The summed E-state index contributed by atoms with van der Waals surface area (Å²) < 4.78 is 5.56. The second-order valence-electron chi connectivity index (χ2n) is 9.24. The Bertz CT molecular complexity index is 1150. The van der Waals surface area contributed by atoms with Crippen LogP contribution in [0.3, 0.4) is 0 Å². The number of aromatic nitrogens is 2. The molecule has 8 heteroatoms. The van der Waals surface area contributed by atoms with E-state index in [1.165, 1.54) is 37.0 Å². The van der Waals surface area contributed by atoms with Gasteiger partial charge >= 0.3 is 0 Å². The molecule has 2 aromatic heterocycles. The van der Waals surface area contributed by atoms with Crippen molar-refractivity contribution in [3.8, 4) is 5.75 Å². The third-order valence-electron chi connectivity index (χ3n) is 7.11. The molecule has 1 saturated carbocycles. The summed E-state index contributed by atoms with van der Waals surface area (Å²) in [6.07, 6.45) is 8.75. The first-order valence-electron chi connectivity index (χ1n) is 12.3. The standard InChI is InChI=1S/C26H33N5O2S/c1-18-22-24(31-15-13-30(14-16-31)20-11-7-8-12-21(20)33-2)27-17-28-26(22)34-23(18)25(32)29-19-9-5-3-4-6-10-19/h7-8,11-12,17,19H,3-6,9-10,13-16H2,1-2H3,(H,29,32). The van der Waals surface area contributed by atoms with Crippen LogP contribution < -0.4 is 19.9 Å². The van der Waals surface area contributed by atoms with Crippen LogP contribution in [0.25, 0.3) is 10.2 Å². The molecule has 1 saturated heterocycles. The summed E-state index contributed by atoms with van der Waals surface area (Å²) in [4.78, 5) is 28.7. The Hall–Kier alpha value is -2.87. The highest BCUT2D eigenvalue weighted by Gasteiger charge is 2.26. The maximum atomic E-state index is 13.2. The van der Waals surface area contributed by atoms with Crippen molar-refractivity contribution in [1.29, 1.82) is 0 Å². The van der Waals surface area contributed by atoms with Crippen LogP contribution in [0.2, 0.25) is 0 Å². The number of hydrogen-bond acceptors (Lipinski definition) is 7. The number of piperazine rings is 1. The van der Waals surface area contributed by atoms with Gasteiger partial charge in [0.05, 0.1) is 23.1 Å². The third-order valence-corrected chi connectivity index (χ3v) is 8.31. The molecule has 3 aromatic rings. The summed E-state index contributed by atoms with van der Waals surface area (Å²) in [5.74, 6) is 1.88. The van der Waals surface area contributed by atoms with Crippen LogP contribution in [0.5, 0.6) is 5.75 Å². The van der Waals surface area contributed by atoms with Crippen LogP contribution in [0.1, 0.15) is 53.8 Å². The molecule has 2 fully saturated rings. The second kappa shape index (κ2) is 10.2. The van der Waals surface area contributed by atoms with Crippen molar-refractivity contribution in [1.82, 2.24) is 15.3 Å². The molecule has 2 aliphatic rings. The van der Waals surface area contributed by atoms with E-state index in [2.05, 4.69) is 37.2 Å². The number of anilines is 2. The Morgan fingerprint density at radius 1 is 1.03 bits per heavy atom. The van der Waals surface area contributed by atoms with E-state index in [9.17, 15) is 4.79 Å². The fourth-order valence-electron chi connectivity index (χ4n) is 5.23. The minimum Gasteiger partial charge on any atom is -0.495 e. The zero-order valence-corrected chi connectivity index (χ0v) is 20.9. The van der Waals surface area contributed by atoms with Crippen LogP contribution >= 0.6 is 11.3 Å². The molecule has 0 radical (unpaired) electrons. The monoisotopic (exact) mass is 479 g/mol. The molecule has 1 aliphatic carbocycles. The van der Waals surface area contributed by atoms with Gasteiger partial charge < -0.3 is 19.9 Å². The lowest BCUT2D eigenvalue weighted by molar-refractivity contribution is 0.0937. The van der Waals surface area contributed by atoms with Crippen LogP contribution in [-0.2, 0) is 0 Å². The smallest absolute Gasteiger partial charge is 0.261 e. The van der Waals surface area contributed by atoms with Gasteiger partial charge in [-0.15, -0.1) is 11.3 Å². The minimum absolute atomic E-state index is 0.0411. The number of ether oxygens (including phenoxy) is 1. The van der Waals surface area contributed by atoms with Gasteiger partial charge in [-0.25, -0.2) is 9.97 Å². The van der Waals surface area contributed by atoms with Gasteiger partial charge in [0.25, 0.3) is 5.91 Å². The highest BCUT2D eigenvalue weighted by molar-refractivity contribution is 7.20. The molecular formula is C26H33N5O2S. The lowest BCUT2D eigenvalue weighted by Crippen LogP contribution is -2.47. The Morgan fingerprint density at radius 3 is 2.47 bits per heavy atom. The van der Waals surface area contributed by atoms with Crippen molar-refractivity contribution in [3.63, 3.8) is 0 Å². The van der Waals surface area contributed by atoms with Gasteiger partial charge in [0.2, 0.25) is 0 Å². The Kier molecular flexibility index (Phi) is 6.85. The molecule has 0 unspecified atom stereocenters. The topological polar surface area (TPSA) is 70.6 Å². The van der Waals surface area contributed by atoms with E-state index < -0.39 is 0 Å². The maximum absolute atomic E-state index is 13.2. The zero-order valence-electron chi connectivity index (χ0n) is 20.0. The van der Waals surface area contributed by atoms with Gasteiger partial charge in [-0.3, -0.25) is 4.79 Å². The third kappa shape index (κ3) is 4.56. The summed E-state index contributed by atoms with van der Waals surface area (Å²) >= 11 is 1.49. The van der Waals surface area contributed by atoms with Gasteiger partial charge in [-0.2, -0.15) is 0 Å². The summed E-state index contributed by atoms with van der Waals surface area (Å²) in [5.41, 5.74) is 2.12. The van der Waals surface area contributed by atoms with Crippen LogP contribution in [0, 0.1) is 6.92 Å². The lowest BCUT2D eigenvalue weighted by atomic mass is 10.1. The average Bonchev–Trinajstić information content (AvgIpc) is 3.03. The second-order valence-corrected chi connectivity index (χ2v) is 10.2. The highest BCUT2D eigenvalue weighted by Crippen LogP contribution is 2.36. The molecule has 34 heavy (non-hydrogen) atoms. The number of fused-ring (bicyclic) bond motifs is 1. The number of carbonyl (C=O) groups excluding carboxylic acids is 1. The normalized spacial score (nSPS) is 17.6. The first-order chi connectivity index (χ1) is 16.7. The fraction of sp³-hybridized carbons (Fsp3) is 0.500. The van der Waals surface area contributed by atoms with Crippen molar-refractivity contribution >= 4 is 39.0 Å². The van der Waals surface area contributed by atoms with Crippen LogP contribution in [-0.4, -0.2) is 55.2 Å². The molecule has 1 amide bonds. The van der Waals surface area contributed by atoms with Crippen molar-refractivity contribution in [2.45, 2.75) is 51.5 Å². The maximum Gasteiger partial charge on any atom is 0.261 e. The van der Waals surface area contributed by atoms with E-state index in [0.29, 0.717) is 0 Å². The number of aryl methyl sites for hydroxylation is 1. The van der Waals surface area contributed by atoms with E-state index in [1.807, 2.05) is 19.1 Å². The number of methoxy groups -OCH3 is 1. The van der Waals surface area contributed by atoms with Crippen molar-refractivity contribution in [2.75, 3.05) is 43.1 Å². The molecule has 1 aromatic carbocycles. The molecular weight excluding hydrogens is 446 g/mol. The average molecular weight is 480 g/mol. The van der Waals surface area contributed by atoms with Crippen molar-refractivity contribution < 1.29 is 9.53 Å². The van der Waals surface area contributed by atoms with E-state index >= 15 is 0 Å². The Balaban J connectivity index is 1.34. The SMILES string of the molecule is COc1ccccc1N1CCN(c2ncnc3sc(C(=O)NC4CCCCCC4)c(C)c23)CC1. The minimum atomic E-state index is 0.0411. The van der Waals surface area contributed by atoms with Gasteiger partial charge in [-0.05, 0) is 37.5 Å². The Labute approximate surface area is 205 Å². The number of para-hydroxylation sites is 2. The number of hydrogen-bond donors (Lipinski definition) is 1. The largest absolute Gasteiger partial charge is 0.495 e. The van der Waals surface area contributed by atoms with Crippen molar-refractivity contribution in [2.24, 2.45) is 0 Å². The molecule has 180 valence electrons. The quantitative estimate of drug-likeness (QED) is 0.531. The molecule has 7 nitrogen and oxygen atoms in total. The van der Waals surface area contributed by atoms with Crippen LogP contribution in [0.4, 0.5) is 11.5 Å². The summed E-state index contributed by atoms with van der Waals surface area (Å²) in [5, 5.41) is 4.32. The molecule has 0 bridgehead atoms. The zero-order chi connectivity index (χ0) is 23.5. The molecule has 0 atom stereocenters. The number of carbonyl (C=O) groups is 1. The molecule has 1 N–H and O–H groups in total. The van der Waals surface area contributed by atoms with Crippen LogP contribution in [0.15, 0.2) is 30.6 Å². The predicted molar refractivity (Wildman–Crippen MR) is 139 cm³/mol. The Morgan fingerprint density at radius 2 is 1.74 bits per heavy atom. The number of benzene rings is 1. The fourth-order valence-corrected chi connectivity index (χ4v) is 6.28. The van der Waals surface area contributed by atoms with Crippen molar-refractivity contribution in [3.05, 3.63) is 41.0 Å². The predicted octanol–water partition coefficient (Wildman–Crippen LogP) is 4.79. The van der Waals surface area contributed by atoms with Gasteiger partial charge in [0, 0.05) is 32.2 Å². The number of thiophene rings is 1. The number of nitrogens with zero attached hydrogens (tertiary/aromatic N) is 4. The number of rotatable bonds is 5. The highest BCUT2D eigenvalue weighted by atomic mass is 32.1. The van der Waals surface area contributed by atoms with Gasteiger partial charge in [0.1, 0.15) is 22.7 Å². The summed E-state index contributed by atoms with van der Waals surface area (Å²) in [6.45, 7) is 5.50. The van der Waals surface area contributed by atoms with E-state index in [-0.39, 0.29) is 11.9 Å². The van der Waals surface area contributed by atoms with E-state index in [0.717, 1.165) is 76.9 Å². The summed E-state index contributed by atoms with van der Waals surface area (Å²) in [6, 6.07) is 8.45. The number of amides is 1. The first kappa shape index (κ1) is 22.9. The molecule has 5 rings (SSSR count). The first-order valence-corrected chi connectivity index (χ1v) is 13.1. The van der Waals surface area contributed by atoms with Gasteiger partial charge in [0.15, 0.2) is 0 Å². The van der Waals surface area contributed by atoms with E-state index in [1.54, 1.807) is 13.4 Å². The van der Waals surface area contributed by atoms with Gasteiger partial charge in [-0.1, -0.05) is 37.8 Å². The number of nitrogens with one attached hydrogen (secondary N) is 1. The molecule has 1 aliphatic heterocycles.